The molecule has 0 aliphatic carbocycles. The van der Waals surface area contributed by atoms with E-state index in [1.54, 1.807) is 6.26 Å². The van der Waals surface area contributed by atoms with Crippen molar-refractivity contribution in [2.75, 3.05) is 19.8 Å². The number of hydrogen-bond acceptors (Lipinski definition) is 4. The quantitative estimate of drug-likeness (QED) is 0.935. The fourth-order valence-electron chi connectivity index (χ4n) is 2.53. The van der Waals surface area contributed by atoms with Gasteiger partial charge in [0.1, 0.15) is 19.0 Å². The minimum absolute atomic E-state index is 0.0317. The lowest BCUT2D eigenvalue weighted by atomic mass is 10.00. The van der Waals surface area contributed by atoms with Crippen molar-refractivity contribution in [3.8, 4) is 11.5 Å². The molecule has 1 aromatic heterocycles. The van der Waals surface area contributed by atoms with Crippen LogP contribution in [0.5, 0.6) is 11.5 Å². The molecular weight excluding hydrogens is 290 g/mol. The normalized spacial score (nSPS) is 15.0. The van der Waals surface area contributed by atoms with Gasteiger partial charge in [0, 0.05) is 16.7 Å². The highest BCUT2D eigenvalue weighted by Crippen LogP contribution is 2.39. The number of ether oxygens (including phenoxy) is 2. The summed E-state index contributed by atoms with van der Waals surface area (Å²) in [5.74, 6) is 2.32. The van der Waals surface area contributed by atoms with Crippen LogP contribution in [0.3, 0.4) is 0 Å². The van der Waals surface area contributed by atoms with E-state index in [4.69, 9.17) is 25.5 Å². The second kappa shape index (κ2) is 6.00. The predicted octanol–water partition coefficient (Wildman–Crippen LogP) is 3.71. The highest BCUT2D eigenvalue weighted by Gasteiger charge is 2.22. The predicted molar refractivity (Wildman–Crippen MR) is 81.4 cm³/mol. The molecule has 1 aliphatic heterocycles. The molecule has 3 rings (SSSR count). The van der Waals surface area contributed by atoms with Gasteiger partial charge in [0.05, 0.1) is 12.3 Å². The van der Waals surface area contributed by atoms with Gasteiger partial charge in [0.2, 0.25) is 0 Å². The smallest absolute Gasteiger partial charge is 0.162 e. The summed E-state index contributed by atoms with van der Waals surface area (Å²) in [6.07, 6.45) is 1.76. The van der Waals surface area contributed by atoms with Crippen LogP contribution in [0.15, 0.2) is 28.9 Å². The van der Waals surface area contributed by atoms with E-state index in [1.807, 2.05) is 25.1 Å². The maximum absolute atomic E-state index is 6.44. The number of aryl methyl sites for hydroxylation is 1. The Morgan fingerprint density at radius 2 is 1.90 bits per heavy atom. The molecule has 0 amide bonds. The monoisotopic (exact) mass is 307 g/mol. The fourth-order valence-corrected chi connectivity index (χ4v) is 2.79. The Labute approximate surface area is 129 Å². The average Bonchev–Trinajstić information content (AvgIpc) is 2.91. The van der Waals surface area contributed by atoms with Crippen molar-refractivity contribution in [2.24, 2.45) is 0 Å². The summed E-state index contributed by atoms with van der Waals surface area (Å²) in [5.41, 5.74) is 2.01. The summed E-state index contributed by atoms with van der Waals surface area (Å²) in [6, 6.07) is 5.76. The van der Waals surface area contributed by atoms with Gasteiger partial charge >= 0.3 is 0 Å². The summed E-state index contributed by atoms with van der Waals surface area (Å²) in [5, 5.41) is 4.09. The molecule has 5 heteroatoms. The molecule has 2 heterocycles. The van der Waals surface area contributed by atoms with Crippen LogP contribution in [-0.2, 0) is 0 Å². The molecule has 0 saturated carbocycles. The molecule has 0 radical (unpaired) electrons. The minimum atomic E-state index is -0.0317. The number of nitrogens with one attached hydrogen (secondary N) is 1. The number of furan rings is 1. The first-order valence-corrected chi connectivity index (χ1v) is 7.44. The van der Waals surface area contributed by atoms with E-state index < -0.39 is 0 Å². The zero-order valence-corrected chi connectivity index (χ0v) is 12.9. The lowest BCUT2D eigenvalue weighted by molar-refractivity contribution is 0.171. The third-order valence-electron chi connectivity index (χ3n) is 3.46. The number of hydrogen-bond donors (Lipinski definition) is 1. The van der Waals surface area contributed by atoms with Gasteiger partial charge in [-0.05, 0) is 31.2 Å². The van der Waals surface area contributed by atoms with Crippen molar-refractivity contribution in [1.29, 1.82) is 0 Å². The van der Waals surface area contributed by atoms with Crippen LogP contribution in [0.1, 0.15) is 29.9 Å². The molecule has 4 nitrogen and oxygen atoms in total. The van der Waals surface area contributed by atoms with Crippen LogP contribution < -0.4 is 14.8 Å². The number of halogens is 1. The third kappa shape index (κ3) is 2.87. The van der Waals surface area contributed by atoms with Gasteiger partial charge in [-0.25, -0.2) is 0 Å². The Hall–Kier alpha value is -1.65. The second-order valence-electron chi connectivity index (χ2n) is 5.00. The largest absolute Gasteiger partial charge is 0.486 e. The Morgan fingerprint density at radius 3 is 2.52 bits per heavy atom. The summed E-state index contributed by atoms with van der Waals surface area (Å²) < 4.78 is 16.6. The average molecular weight is 308 g/mol. The maximum Gasteiger partial charge on any atom is 0.162 e. The van der Waals surface area contributed by atoms with Crippen LogP contribution in [0.2, 0.25) is 5.02 Å². The molecule has 0 fully saturated rings. The fraction of sp³-hybridized carbons (Fsp3) is 0.375. The lowest BCUT2D eigenvalue weighted by Crippen LogP contribution is -2.23. The van der Waals surface area contributed by atoms with Crippen LogP contribution in [0, 0.1) is 6.92 Å². The van der Waals surface area contributed by atoms with E-state index in [1.165, 1.54) is 0 Å². The maximum atomic E-state index is 6.44. The molecule has 1 N–H and O–H groups in total. The van der Waals surface area contributed by atoms with Crippen molar-refractivity contribution in [3.05, 3.63) is 46.4 Å². The molecule has 21 heavy (non-hydrogen) atoms. The SMILES string of the molecule is CCNC(c1coc(C)c1)c1cc2c(cc1Cl)OCCO2. The van der Waals surface area contributed by atoms with Gasteiger partial charge in [-0.2, -0.15) is 0 Å². The Kier molecular flexibility index (Phi) is 4.08. The standard InChI is InChI=1S/C16H18ClNO3/c1-3-18-16(11-6-10(2)21-9-11)12-7-14-15(8-13(12)17)20-5-4-19-14/h6-9,16,18H,3-5H2,1-2H3. The van der Waals surface area contributed by atoms with E-state index in [2.05, 4.69) is 12.2 Å². The molecular formula is C16H18ClNO3. The third-order valence-corrected chi connectivity index (χ3v) is 3.79. The molecule has 112 valence electrons. The van der Waals surface area contributed by atoms with Crippen LogP contribution in [0.4, 0.5) is 0 Å². The second-order valence-corrected chi connectivity index (χ2v) is 5.41. The van der Waals surface area contributed by atoms with Crippen molar-refractivity contribution >= 4 is 11.6 Å². The van der Waals surface area contributed by atoms with Gasteiger partial charge in [0.25, 0.3) is 0 Å². The van der Waals surface area contributed by atoms with Gasteiger partial charge in [-0.3, -0.25) is 0 Å². The number of fused-ring (bicyclic) bond motifs is 1. The first-order chi connectivity index (χ1) is 10.2. The van der Waals surface area contributed by atoms with Crippen LogP contribution in [-0.4, -0.2) is 19.8 Å². The molecule has 0 saturated heterocycles. The minimum Gasteiger partial charge on any atom is -0.486 e. The van der Waals surface area contributed by atoms with E-state index in [9.17, 15) is 0 Å². The number of benzene rings is 1. The highest BCUT2D eigenvalue weighted by atomic mass is 35.5. The summed E-state index contributed by atoms with van der Waals surface area (Å²) in [7, 11) is 0. The number of rotatable bonds is 4. The van der Waals surface area contributed by atoms with Crippen molar-refractivity contribution in [2.45, 2.75) is 19.9 Å². The van der Waals surface area contributed by atoms with Crippen LogP contribution >= 0.6 is 11.6 Å². The van der Waals surface area contributed by atoms with E-state index in [0.717, 1.165) is 29.2 Å². The highest BCUT2D eigenvalue weighted by molar-refractivity contribution is 6.31. The van der Waals surface area contributed by atoms with Crippen LogP contribution in [0.25, 0.3) is 0 Å². The van der Waals surface area contributed by atoms with E-state index in [-0.39, 0.29) is 6.04 Å². The molecule has 1 aromatic carbocycles. The molecule has 1 aliphatic rings. The summed E-state index contributed by atoms with van der Waals surface area (Å²) >= 11 is 6.44. The van der Waals surface area contributed by atoms with Gasteiger partial charge in [0.15, 0.2) is 11.5 Å². The first kappa shape index (κ1) is 14.3. The topological polar surface area (TPSA) is 43.6 Å². The zero-order chi connectivity index (χ0) is 14.8. The summed E-state index contributed by atoms with van der Waals surface area (Å²) in [6.45, 7) is 5.93. The Bertz CT molecular complexity index is 638. The van der Waals surface area contributed by atoms with Crippen molar-refractivity contribution < 1.29 is 13.9 Å². The molecule has 1 atom stereocenters. The Balaban J connectivity index is 2.02. The first-order valence-electron chi connectivity index (χ1n) is 7.06. The van der Waals surface area contributed by atoms with Gasteiger partial charge < -0.3 is 19.2 Å². The molecule has 0 bridgehead atoms. The summed E-state index contributed by atoms with van der Waals surface area (Å²) in [4.78, 5) is 0. The van der Waals surface area contributed by atoms with Crippen molar-refractivity contribution in [1.82, 2.24) is 5.32 Å². The molecule has 2 aromatic rings. The van der Waals surface area contributed by atoms with Crippen molar-refractivity contribution in [3.63, 3.8) is 0 Å². The Morgan fingerprint density at radius 1 is 1.19 bits per heavy atom. The van der Waals surface area contributed by atoms with E-state index in [0.29, 0.717) is 24.0 Å². The van der Waals surface area contributed by atoms with Gasteiger partial charge in [-0.15, -0.1) is 0 Å². The van der Waals surface area contributed by atoms with Gasteiger partial charge in [-0.1, -0.05) is 18.5 Å². The lowest BCUT2D eigenvalue weighted by Gasteiger charge is -2.23. The molecule has 0 spiro atoms. The zero-order valence-electron chi connectivity index (χ0n) is 12.1. The molecule has 1 unspecified atom stereocenters. The van der Waals surface area contributed by atoms with E-state index >= 15 is 0 Å².